The Balaban J connectivity index is 1.76. The van der Waals surface area contributed by atoms with E-state index >= 15 is 0 Å². The van der Waals surface area contributed by atoms with Gasteiger partial charge in [0.15, 0.2) is 0 Å². The first-order chi connectivity index (χ1) is 13.3. The van der Waals surface area contributed by atoms with Crippen LogP contribution in [0.5, 0.6) is 0 Å². The van der Waals surface area contributed by atoms with Gasteiger partial charge in [-0.15, -0.1) is 0 Å². The molecule has 0 saturated heterocycles. The molecule has 1 aromatic carbocycles. The Morgan fingerprint density at radius 1 is 1.18 bits per heavy atom. The van der Waals surface area contributed by atoms with Crippen molar-refractivity contribution in [1.82, 2.24) is 15.5 Å². The van der Waals surface area contributed by atoms with Crippen molar-refractivity contribution in [3.63, 3.8) is 0 Å². The summed E-state index contributed by atoms with van der Waals surface area (Å²) in [6, 6.07) is 6.78. The van der Waals surface area contributed by atoms with Crippen LogP contribution in [0.25, 0.3) is 0 Å². The monoisotopic (exact) mass is 390 g/mol. The van der Waals surface area contributed by atoms with Crippen LogP contribution < -0.4 is 16.0 Å². The van der Waals surface area contributed by atoms with Gasteiger partial charge in [-0.1, -0.05) is 13.8 Å². The van der Waals surface area contributed by atoms with Crippen LogP contribution in [-0.2, 0) is 4.79 Å². The molecule has 1 aliphatic carbocycles. The van der Waals surface area contributed by atoms with Crippen LogP contribution in [0, 0.1) is 0 Å². The maximum absolute atomic E-state index is 12.1. The largest absolute Gasteiger partial charge is 0.480 e. The number of hydrogen-bond donors (Lipinski definition) is 4. The van der Waals surface area contributed by atoms with Crippen molar-refractivity contribution in [3.05, 3.63) is 29.8 Å². The number of amides is 3. The van der Waals surface area contributed by atoms with E-state index in [-0.39, 0.29) is 36.6 Å². The van der Waals surface area contributed by atoms with E-state index in [4.69, 9.17) is 5.11 Å². The minimum absolute atomic E-state index is 0.0248. The van der Waals surface area contributed by atoms with Gasteiger partial charge in [-0.05, 0) is 57.0 Å². The maximum atomic E-state index is 12.1. The molecule has 3 amide bonds. The van der Waals surface area contributed by atoms with Crippen molar-refractivity contribution in [2.24, 2.45) is 0 Å². The van der Waals surface area contributed by atoms with Crippen molar-refractivity contribution in [3.8, 4) is 0 Å². The molecular formula is C20H30N4O4. The van der Waals surface area contributed by atoms with E-state index in [0.717, 1.165) is 19.3 Å². The fourth-order valence-electron chi connectivity index (χ4n) is 3.14. The Hall–Kier alpha value is -2.61. The molecular weight excluding hydrogens is 360 g/mol. The fourth-order valence-corrected chi connectivity index (χ4v) is 3.14. The summed E-state index contributed by atoms with van der Waals surface area (Å²) in [7, 11) is 0. The number of hydrogen-bond acceptors (Lipinski definition) is 4. The SMILES string of the molecule is CCC(C)NC(=O)c1ccc(NC(=O)NC2CC(N(CC)CC(=O)O)C2)cc1. The van der Waals surface area contributed by atoms with Crippen molar-refractivity contribution < 1.29 is 19.5 Å². The zero-order chi connectivity index (χ0) is 20.7. The lowest BCUT2D eigenvalue weighted by molar-refractivity contribution is -0.139. The Morgan fingerprint density at radius 2 is 1.82 bits per heavy atom. The Bertz CT molecular complexity index is 686. The smallest absolute Gasteiger partial charge is 0.319 e. The molecule has 0 aromatic heterocycles. The second-order valence-electron chi connectivity index (χ2n) is 7.24. The topological polar surface area (TPSA) is 111 Å². The number of carbonyl (C=O) groups is 3. The van der Waals surface area contributed by atoms with E-state index in [1.807, 2.05) is 25.7 Å². The first-order valence-corrected chi connectivity index (χ1v) is 9.76. The van der Waals surface area contributed by atoms with Gasteiger partial charge in [0.05, 0.1) is 6.54 Å². The van der Waals surface area contributed by atoms with E-state index in [1.54, 1.807) is 24.3 Å². The molecule has 1 atom stereocenters. The van der Waals surface area contributed by atoms with Crippen LogP contribution in [0.3, 0.4) is 0 Å². The number of nitrogens with zero attached hydrogens (tertiary/aromatic N) is 1. The van der Waals surface area contributed by atoms with Gasteiger partial charge in [0.2, 0.25) is 0 Å². The third kappa shape index (κ3) is 6.23. The second-order valence-corrected chi connectivity index (χ2v) is 7.24. The van der Waals surface area contributed by atoms with Gasteiger partial charge in [0.1, 0.15) is 0 Å². The van der Waals surface area contributed by atoms with Crippen molar-refractivity contribution >= 4 is 23.6 Å². The number of carbonyl (C=O) groups excluding carboxylic acids is 2. The molecule has 1 aliphatic rings. The average Bonchev–Trinajstić information content (AvgIpc) is 2.62. The number of nitrogens with one attached hydrogen (secondary N) is 3. The van der Waals surface area contributed by atoms with Gasteiger partial charge in [-0.2, -0.15) is 0 Å². The van der Waals surface area contributed by atoms with Gasteiger partial charge in [-0.25, -0.2) is 4.79 Å². The standard InChI is InChI=1S/C20H30N4O4/c1-4-13(3)21-19(27)14-6-8-15(9-7-14)22-20(28)23-16-10-17(11-16)24(5-2)12-18(25)26/h6-9,13,16-17H,4-5,10-12H2,1-3H3,(H,21,27)(H,25,26)(H2,22,23,28). The number of urea groups is 1. The second kappa shape index (κ2) is 10.1. The van der Waals surface area contributed by atoms with Crippen LogP contribution in [0.4, 0.5) is 10.5 Å². The summed E-state index contributed by atoms with van der Waals surface area (Å²) >= 11 is 0. The third-order valence-electron chi connectivity index (χ3n) is 5.10. The summed E-state index contributed by atoms with van der Waals surface area (Å²) in [5.74, 6) is -0.968. The van der Waals surface area contributed by atoms with Gasteiger partial charge in [0, 0.05) is 29.4 Å². The molecule has 1 unspecified atom stereocenters. The summed E-state index contributed by atoms with van der Waals surface area (Å²) in [5.41, 5.74) is 1.15. The van der Waals surface area contributed by atoms with E-state index < -0.39 is 5.97 Å². The Morgan fingerprint density at radius 3 is 2.36 bits per heavy atom. The van der Waals surface area contributed by atoms with Crippen LogP contribution in [0.1, 0.15) is 50.4 Å². The van der Waals surface area contributed by atoms with E-state index in [1.165, 1.54) is 0 Å². The fraction of sp³-hybridized carbons (Fsp3) is 0.550. The van der Waals surface area contributed by atoms with Crippen molar-refractivity contribution in [2.75, 3.05) is 18.4 Å². The van der Waals surface area contributed by atoms with E-state index in [2.05, 4.69) is 16.0 Å². The molecule has 8 nitrogen and oxygen atoms in total. The number of carboxylic acid groups (broad SMARTS) is 1. The average molecular weight is 390 g/mol. The number of aliphatic carboxylic acids is 1. The van der Waals surface area contributed by atoms with Crippen LogP contribution >= 0.6 is 0 Å². The molecule has 0 aliphatic heterocycles. The van der Waals surface area contributed by atoms with Gasteiger partial charge in [0.25, 0.3) is 5.91 Å². The lowest BCUT2D eigenvalue weighted by Gasteiger charge is -2.42. The van der Waals surface area contributed by atoms with Gasteiger partial charge < -0.3 is 21.1 Å². The van der Waals surface area contributed by atoms with Gasteiger partial charge in [-0.3, -0.25) is 14.5 Å². The Kier molecular flexibility index (Phi) is 7.80. The highest BCUT2D eigenvalue weighted by atomic mass is 16.4. The highest BCUT2D eigenvalue weighted by Gasteiger charge is 2.34. The highest BCUT2D eigenvalue weighted by Crippen LogP contribution is 2.25. The van der Waals surface area contributed by atoms with Crippen LogP contribution in [-0.4, -0.2) is 59.1 Å². The summed E-state index contributed by atoms with van der Waals surface area (Å²) in [5, 5.41) is 17.5. The molecule has 0 spiro atoms. The van der Waals surface area contributed by atoms with E-state index in [9.17, 15) is 14.4 Å². The maximum Gasteiger partial charge on any atom is 0.319 e. The zero-order valence-corrected chi connectivity index (χ0v) is 16.7. The van der Waals surface area contributed by atoms with Crippen LogP contribution in [0.15, 0.2) is 24.3 Å². The molecule has 8 heteroatoms. The number of rotatable bonds is 9. The zero-order valence-electron chi connectivity index (χ0n) is 16.7. The lowest BCUT2D eigenvalue weighted by Crippen LogP contribution is -2.55. The first-order valence-electron chi connectivity index (χ1n) is 9.76. The summed E-state index contributed by atoms with van der Waals surface area (Å²) in [6.07, 6.45) is 2.34. The predicted molar refractivity (Wildman–Crippen MR) is 108 cm³/mol. The minimum Gasteiger partial charge on any atom is -0.480 e. The third-order valence-corrected chi connectivity index (χ3v) is 5.10. The number of anilines is 1. The Labute approximate surface area is 165 Å². The quantitative estimate of drug-likeness (QED) is 0.517. The highest BCUT2D eigenvalue weighted by molar-refractivity contribution is 5.95. The first kappa shape index (κ1) is 21.7. The molecule has 1 saturated carbocycles. The predicted octanol–water partition coefficient (Wildman–Crippen LogP) is 2.27. The molecule has 0 heterocycles. The lowest BCUT2D eigenvalue weighted by atomic mass is 9.85. The van der Waals surface area contributed by atoms with Crippen molar-refractivity contribution in [2.45, 2.75) is 58.2 Å². The molecule has 1 aromatic rings. The number of likely N-dealkylation sites (N-methyl/N-ethyl adjacent to an activating group) is 1. The molecule has 0 bridgehead atoms. The minimum atomic E-state index is -0.836. The van der Waals surface area contributed by atoms with Crippen molar-refractivity contribution in [1.29, 1.82) is 0 Å². The molecule has 0 radical (unpaired) electrons. The summed E-state index contributed by atoms with van der Waals surface area (Å²) < 4.78 is 0. The van der Waals surface area contributed by atoms with E-state index in [0.29, 0.717) is 17.8 Å². The number of benzene rings is 1. The molecule has 154 valence electrons. The van der Waals surface area contributed by atoms with Gasteiger partial charge >= 0.3 is 12.0 Å². The summed E-state index contributed by atoms with van der Waals surface area (Å²) in [6.45, 7) is 6.59. The molecule has 4 N–H and O–H groups in total. The molecule has 1 fully saturated rings. The molecule has 2 rings (SSSR count). The summed E-state index contributed by atoms with van der Waals surface area (Å²) in [4.78, 5) is 37.0. The van der Waals surface area contributed by atoms with Crippen LogP contribution in [0.2, 0.25) is 0 Å². The normalized spacial score (nSPS) is 19.4. The number of carboxylic acids is 1. The molecule has 28 heavy (non-hydrogen) atoms.